The van der Waals surface area contributed by atoms with Crippen molar-refractivity contribution in [1.29, 1.82) is 0 Å². The fraction of sp³-hybridized carbons (Fsp3) is 0.133. The van der Waals surface area contributed by atoms with Gasteiger partial charge in [-0.25, -0.2) is 4.98 Å². The van der Waals surface area contributed by atoms with Crippen molar-refractivity contribution in [2.45, 2.75) is 12.8 Å². The van der Waals surface area contributed by atoms with Gasteiger partial charge < -0.3 is 4.42 Å². The van der Waals surface area contributed by atoms with Gasteiger partial charge in [0.05, 0.1) is 0 Å². The van der Waals surface area contributed by atoms with Gasteiger partial charge in [0.25, 0.3) is 0 Å². The van der Waals surface area contributed by atoms with E-state index in [-0.39, 0.29) is 0 Å². The number of benzene rings is 2. The zero-order chi connectivity index (χ0) is 11.2. The van der Waals surface area contributed by atoms with Crippen molar-refractivity contribution >= 4 is 11.1 Å². The van der Waals surface area contributed by atoms with E-state index in [2.05, 4.69) is 35.3 Å². The fourth-order valence-corrected chi connectivity index (χ4v) is 2.75. The number of rotatable bonds is 0. The summed E-state index contributed by atoms with van der Waals surface area (Å²) in [7, 11) is 0. The Hall–Kier alpha value is -2.09. The lowest BCUT2D eigenvalue weighted by Crippen LogP contribution is -2.03. The van der Waals surface area contributed by atoms with E-state index in [0.29, 0.717) is 0 Å². The maximum Gasteiger partial charge on any atom is 0.181 e. The molecule has 82 valence electrons. The average molecular weight is 221 g/mol. The molecule has 0 radical (unpaired) electrons. The van der Waals surface area contributed by atoms with Crippen LogP contribution in [0.5, 0.6) is 0 Å². The third-order valence-corrected chi connectivity index (χ3v) is 3.55. The Morgan fingerprint density at radius 1 is 0.941 bits per heavy atom. The largest absolute Gasteiger partial charge is 0.443 e. The Bertz CT molecular complexity index is 712. The van der Waals surface area contributed by atoms with Crippen LogP contribution in [0.4, 0.5) is 0 Å². The standard InChI is InChI=1S/C15H11NO/c1-2-4-11-10(3-1)5-6-13-12(11)7-8-14-15(13)17-9-16-14/h1-4,7-9H,5-6H2. The summed E-state index contributed by atoms with van der Waals surface area (Å²) in [6, 6.07) is 12.8. The Morgan fingerprint density at radius 2 is 1.88 bits per heavy atom. The minimum absolute atomic E-state index is 0.956. The van der Waals surface area contributed by atoms with Crippen molar-refractivity contribution < 1.29 is 4.42 Å². The summed E-state index contributed by atoms with van der Waals surface area (Å²) < 4.78 is 5.52. The lowest BCUT2D eigenvalue weighted by molar-refractivity contribution is 0.597. The topological polar surface area (TPSA) is 26.0 Å². The first-order valence-corrected chi connectivity index (χ1v) is 5.87. The van der Waals surface area contributed by atoms with Crippen LogP contribution in [0.1, 0.15) is 11.1 Å². The van der Waals surface area contributed by atoms with Crippen molar-refractivity contribution in [3.8, 4) is 11.1 Å². The second-order valence-corrected chi connectivity index (χ2v) is 4.45. The molecule has 0 amide bonds. The minimum Gasteiger partial charge on any atom is -0.443 e. The molecule has 2 aromatic carbocycles. The maximum atomic E-state index is 5.52. The van der Waals surface area contributed by atoms with Crippen LogP contribution >= 0.6 is 0 Å². The van der Waals surface area contributed by atoms with Gasteiger partial charge in [-0.3, -0.25) is 0 Å². The van der Waals surface area contributed by atoms with Gasteiger partial charge >= 0.3 is 0 Å². The van der Waals surface area contributed by atoms with Crippen LogP contribution in [0.25, 0.3) is 22.2 Å². The van der Waals surface area contributed by atoms with Gasteiger partial charge in [0.15, 0.2) is 12.0 Å². The van der Waals surface area contributed by atoms with E-state index >= 15 is 0 Å². The summed E-state index contributed by atoms with van der Waals surface area (Å²) in [5.74, 6) is 0. The van der Waals surface area contributed by atoms with E-state index < -0.39 is 0 Å². The normalized spacial score (nSPS) is 13.4. The van der Waals surface area contributed by atoms with Crippen molar-refractivity contribution in [2.24, 2.45) is 0 Å². The minimum atomic E-state index is 0.956. The molecule has 1 aromatic heterocycles. The number of hydrogen-bond donors (Lipinski definition) is 0. The van der Waals surface area contributed by atoms with Gasteiger partial charge in [-0.1, -0.05) is 30.3 Å². The number of nitrogens with zero attached hydrogens (tertiary/aromatic N) is 1. The van der Waals surface area contributed by atoms with Crippen LogP contribution in [0.2, 0.25) is 0 Å². The monoisotopic (exact) mass is 221 g/mol. The van der Waals surface area contributed by atoms with Crippen molar-refractivity contribution in [3.63, 3.8) is 0 Å². The van der Waals surface area contributed by atoms with Crippen LogP contribution < -0.4 is 0 Å². The van der Waals surface area contributed by atoms with Crippen LogP contribution in [-0.4, -0.2) is 4.98 Å². The average Bonchev–Trinajstić information content (AvgIpc) is 2.86. The van der Waals surface area contributed by atoms with Crippen molar-refractivity contribution in [2.75, 3.05) is 0 Å². The molecule has 1 heterocycles. The molecule has 0 saturated heterocycles. The number of aryl methyl sites for hydroxylation is 2. The van der Waals surface area contributed by atoms with Crippen molar-refractivity contribution in [1.82, 2.24) is 4.98 Å². The molecule has 1 aliphatic carbocycles. The Balaban J connectivity index is 2.10. The lowest BCUT2D eigenvalue weighted by atomic mass is 9.85. The molecule has 0 spiro atoms. The van der Waals surface area contributed by atoms with E-state index in [9.17, 15) is 0 Å². The zero-order valence-electron chi connectivity index (χ0n) is 9.31. The molecule has 4 rings (SSSR count). The molecule has 0 saturated carbocycles. The zero-order valence-corrected chi connectivity index (χ0v) is 9.31. The van der Waals surface area contributed by atoms with E-state index in [4.69, 9.17) is 4.42 Å². The highest BCUT2D eigenvalue weighted by Gasteiger charge is 2.19. The van der Waals surface area contributed by atoms with Crippen LogP contribution in [0, 0.1) is 0 Å². The molecule has 1 aliphatic rings. The van der Waals surface area contributed by atoms with Crippen LogP contribution in [0.15, 0.2) is 47.2 Å². The molecule has 0 aliphatic heterocycles. The van der Waals surface area contributed by atoms with E-state index in [1.165, 1.54) is 28.6 Å². The predicted molar refractivity (Wildman–Crippen MR) is 66.9 cm³/mol. The second kappa shape index (κ2) is 3.20. The van der Waals surface area contributed by atoms with Gasteiger partial charge in [0, 0.05) is 5.56 Å². The first kappa shape index (κ1) is 8.99. The lowest BCUT2D eigenvalue weighted by Gasteiger charge is -2.19. The molecule has 0 bridgehead atoms. The molecule has 2 heteroatoms. The van der Waals surface area contributed by atoms with E-state index in [0.717, 1.165) is 23.9 Å². The Labute approximate surface area is 98.9 Å². The summed E-state index contributed by atoms with van der Waals surface area (Å²) in [6.45, 7) is 0. The summed E-state index contributed by atoms with van der Waals surface area (Å²) in [6.07, 6.45) is 3.66. The number of hydrogen-bond acceptors (Lipinski definition) is 2. The smallest absolute Gasteiger partial charge is 0.181 e. The molecule has 17 heavy (non-hydrogen) atoms. The molecular formula is C15H11NO. The Morgan fingerprint density at radius 3 is 2.88 bits per heavy atom. The van der Waals surface area contributed by atoms with E-state index in [1.54, 1.807) is 0 Å². The summed E-state index contributed by atoms with van der Waals surface area (Å²) in [5, 5.41) is 0. The second-order valence-electron chi connectivity index (χ2n) is 4.45. The summed E-state index contributed by atoms with van der Waals surface area (Å²) in [4.78, 5) is 4.22. The fourth-order valence-electron chi connectivity index (χ4n) is 2.75. The van der Waals surface area contributed by atoms with E-state index in [1.807, 2.05) is 6.07 Å². The third-order valence-electron chi connectivity index (χ3n) is 3.55. The molecule has 0 fully saturated rings. The highest BCUT2D eigenvalue weighted by Crippen LogP contribution is 2.36. The van der Waals surface area contributed by atoms with Crippen molar-refractivity contribution in [3.05, 3.63) is 53.9 Å². The highest BCUT2D eigenvalue weighted by molar-refractivity contribution is 5.87. The molecule has 3 aromatic rings. The molecule has 0 N–H and O–H groups in total. The SMILES string of the molecule is c1ccc2c(c1)CCc1c-2ccc2ncoc12. The molecular weight excluding hydrogens is 210 g/mol. The van der Waals surface area contributed by atoms with Gasteiger partial charge in [0.2, 0.25) is 0 Å². The van der Waals surface area contributed by atoms with Gasteiger partial charge in [-0.2, -0.15) is 0 Å². The predicted octanol–water partition coefficient (Wildman–Crippen LogP) is 3.59. The Kier molecular flexibility index (Phi) is 1.69. The molecule has 0 unspecified atom stereocenters. The number of oxazole rings is 1. The summed E-state index contributed by atoms with van der Waals surface area (Å²) >= 11 is 0. The molecule has 2 nitrogen and oxygen atoms in total. The first-order chi connectivity index (χ1) is 8.43. The van der Waals surface area contributed by atoms with Gasteiger partial charge in [-0.05, 0) is 35.6 Å². The van der Waals surface area contributed by atoms with Gasteiger partial charge in [-0.15, -0.1) is 0 Å². The van der Waals surface area contributed by atoms with Crippen LogP contribution in [0.3, 0.4) is 0 Å². The molecule has 0 atom stereocenters. The maximum absolute atomic E-state index is 5.52. The van der Waals surface area contributed by atoms with Crippen LogP contribution in [-0.2, 0) is 12.8 Å². The third kappa shape index (κ3) is 1.18. The first-order valence-electron chi connectivity index (χ1n) is 5.87. The van der Waals surface area contributed by atoms with Gasteiger partial charge in [0.1, 0.15) is 5.52 Å². The number of aromatic nitrogens is 1. The quantitative estimate of drug-likeness (QED) is 0.579. The number of fused-ring (bicyclic) bond motifs is 5. The summed E-state index contributed by atoms with van der Waals surface area (Å²) in [5.41, 5.74) is 7.29. The highest BCUT2D eigenvalue weighted by atomic mass is 16.3.